The summed E-state index contributed by atoms with van der Waals surface area (Å²) in [6.07, 6.45) is 4.29. The van der Waals surface area contributed by atoms with Crippen molar-refractivity contribution in [1.29, 1.82) is 0 Å². The van der Waals surface area contributed by atoms with Gasteiger partial charge in [0.1, 0.15) is 6.10 Å². The molecule has 3 nitrogen and oxygen atoms in total. The summed E-state index contributed by atoms with van der Waals surface area (Å²) in [4.78, 5) is 11.1. The first-order chi connectivity index (χ1) is 6.70. The van der Waals surface area contributed by atoms with Crippen molar-refractivity contribution in [3.8, 4) is 0 Å². The molecule has 0 bridgehead atoms. The number of ether oxygens (including phenoxy) is 2. The Balaban J connectivity index is 2.10. The highest BCUT2D eigenvalue weighted by molar-refractivity contribution is 5.70. The van der Waals surface area contributed by atoms with Crippen molar-refractivity contribution in [3.05, 3.63) is 12.7 Å². The zero-order chi connectivity index (χ0) is 10.1. The summed E-state index contributed by atoms with van der Waals surface area (Å²) >= 11 is 0. The lowest BCUT2D eigenvalue weighted by Crippen LogP contribution is -2.47. The molecule has 0 aromatic carbocycles. The van der Waals surface area contributed by atoms with Gasteiger partial charge in [0.15, 0.2) is 0 Å². The third kappa shape index (κ3) is 1.69. The highest BCUT2D eigenvalue weighted by Crippen LogP contribution is 2.34. The normalized spacial score (nSPS) is 42.5. The first-order valence-electron chi connectivity index (χ1n) is 5.18. The van der Waals surface area contributed by atoms with Crippen molar-refractivity contribution in [3.63, 3.8) is 0 Å². The molecule has 0 N–H and O–H groups in total. The molecule has 2 fully saturated rings. The van der Waals surface area contributed by atoms with Crippen LogP contribution in [0.25, 0.3) is 0 Å². The van der Waals surface area contributed by atoms with Gasteiger partial charge in [-0.3, -0.25) is 4.79 Å². The molecular weight excluding hydrogens is 180 g/mol. The van der Waals surface area contributed by atoms with Gasteiger partial charge < -0.3 is 9.47 Å². The fourth-order valence-corrected chi connectivity index (χ4v) is 2.37. The van der Waals surface area contributed by atoms with Gasteiger partial charge in [0.2, 0.25) is 0 Å². The van der Waals surface area contributed by atoms with Gasteiger partial charge >= 0.3 is 5.97 Å². The number of carbonyl (C=O) groups is 1. The minimum atomic E-state index is -0.0665. The standard InChI is InChI=1S/C11H16O3/c1-3-9-8-4-5-11(12)14-10(8)6-7(2)13-9/h3,7-10H,1,4-6H2,2H3/t7-,8+,9+,10+/m1/s1. The van der Waals surface area contributed by atoms with Gasteiger partial charge in [-0.25, -0.2) is 0 Å². The predicted octanol–water partition coefficient (Wildman–Crippen LogP) is 1.67. The van der Waals surface area contributed by atoms with E-state index in [9.17, 15) is 4.79 Å². The Hall–Kier alpha value is -0.830. The van der Waals surface area contributed by atoms with Gasteiger partial charge in [-0.05, 0) is 13.3 Å². The van der Waals surface area contributed by atoms with Crippen LogP contribution in [0.5, 0.6) is 0 Å². The zero-order valence-electron chi connectivity index (χ0n) is 8.44. The second kappa shape index (κ2) is 3.73. The van der Waals surface area contributed by atoms with E-state index in [4.69, 9.17) is 9.47 Å². The van der Waals surface area contributed by atoms with Crippen molar-refractivity contribution in [1.82, 2.24) is 0 Å². The van der Waals surface area contributed by atoms with Crippen molar-refractivity contribution in [2.75, 3.05) is 0 Å². The fourth-order valence-electron chi connectivity index (χ4n) is 2.37. The molecule has 78 valence electrons. The molecule has 2 aliphatic rings. The van der Waals surface area contributed by atoms with Crippen molar-refractivity contribution in [2.45, 2.75) is 44.5 Å². The maximum atomic E-state index is 11.1. The molecule has 0 aromatic heterocycles. The third-order valence-corrected chi connectivity index (χ3v) is 3.05. The van der Waals surface area contributed by atoms with Crippen LogP contribution in [0.15, 0.2) is 12.7 Å². The van der Waals surface area contributed by atoms with Crippen molar-refractivity contribution in [2.24, 2.45) is 5.92 Å². The lowest BCUT2D eigenvalue weighted by Gasteiger charge is -2.41. The van der Waals surface area contributed by atoms with Crippen LogP contribution in [0.1, 0.15) is 26.2 Å². The molecule has 14 heavy (non-hydrogen) atoms. The third-order valence-electron chi connectivity index (χ3n) is 3.05. The van der Waals surface area contributed by atoms with Gasteiger partial charge in [-0.2, -0.15) is 0 Å². The Morgan fingerprint density at radius 1 is 1.57 bits per heavy atom. The monoisotopic (exact) mass is 196 g/mol. The number of esters is 1. The van der Waals surface area contributed by atoms with Crippen LogP contribution >= 0.6 is 0 Å². The fraction of sp³-hybridized carbons (Fsp3) is 0.727. The smallest absolute Gasteiger partial charge is 0.306 e. The number of fused-ring (bicyclic) bond motifs is 1. The van der Waals surface area contributed by atoms with E-state index in [1.165, 1.54) is 0 Å². The van der Waals surface area contributed by atoms with E-state index >= 15 is 0 Å². The summed E-state index contributed by atoms with van der Waals surface area (Å²) in [5.41, 5.74) is 0. The molecule has 0 spiro atoms. The second-order valence-corrected chi connectivity index (χ2v) is 4.11. The maximum Gasteiger partial charge on any atom is 0.306 e. The molecule has 4 atom stereocenters. The highest BCUT2D eigenvalue weighted by Gasteiger charge is 2.40. The largest absolute Gasteiger partial charge is 0.462 e. The number of hydrogen-bond donors (Lipinski definition) is 0. The molecule has 0 unspecified atom stereocenters. The molecule has 2 rings (SSSR count). The number of carbonyl (C=O) groups excluding carboxylic acids is 1. The lowest BCUT2D eigenvalue weighted by atomic mass is 9.83. The molecule has 3 heteroatoms. The van der Waals surface area contributed by atoms with Crippen LogP contribution in [0.4, 0.5) is 0 Å². The van der Waals surface area contributed by atoms with E-state index in [1.54, 1.807) is 0 Å². The van der Waals surface area contributed by atoms with E-state index < -0.39 is 0 Å². The van der Waals surface area contributed by atoms with E-state index in [2.05, 4.69) is 6.58 Å². The van der Waals surface area contributed by atoms with Gasteiger partial charge in [0, 0.05) is 18.8 Å². The molecule has 2 heterocycles. The zero-order valence-corrected chi connectivity index (χ0v) is 8.44. The van der Waals surface area contributed by atoms with Crippen LogP contribution in [-0.4, -0.2) is 24.3 Å². The molecule has 0 amide bonds. The molecule has 0 radical (unpaired) electrons. The molecule has 0 aliphatic carbocycles. The first kappa shape index (κ1) is 9.71. The molecule has 0 saturated carbocycles. The molecule has 0 aromatic rings. The van der Waals surface area contributed by atoms with Crippen LogP contribution < -0.4 is 0 Å². The van der Waals surface area contributed by atoms with Crippen LogP contribution in [-0.2, 0) is 14.3 Å². The summed E-state index contributed by atoms with van der Waals surface area (Å²) in [6, 6.07) is 0. The lowest BCUT2D eigenvalue weighted by molar-refractivity contribution is -0.180. The second-order valence-electron chi connectivity index (χ2n) is 4.11. The quantitative estimate of drug-likeness (QED) is 0.472. The minimum Gasteiger partial charge on any atom is -0.462 e. The summed E-state index contributed by atoms with van der Waals surface area (Å²) in [6.45, 7) is 5.77. The Labute approximate surface area is 84.1 Å². The summed E-state index contributed by atoms with van der Waals surface area (Å²) in [5, 5.41) is 0. The summed E-state index contributed by atoms with van der Waals surface area (Å²) in [7, 11) is 0. The number of rotatable bonds is 1. The average Bonchev–Trinajstić information content (AvgIpc) is 2.15. The van der Waals surface area contributed by atoms with Crippen LogP contribution in [0.3, 0.4) is 0 Å². The van der Waals surface area contributed by atoms with Crippen molar-refractivity contribution >= 4 is 5.97 Å². The molecule has 2 saturated heterocycles. The van der Waals surface area contributed by atoms with Gasteiger partial charge in [0.25, 0.3) is 0 Å². The SMILES string of the molecule is C=C[C@@H]1O[C@H](C)C[C@@H]2OC(=O)CC[C@@H]12. The summed E-state index contributed by atoms with van der Waals surface area (Å²) < 4.78 is 11.1. The Bertz CT molecular complexity index is 249. The average molecular weight is 196 g/mol. The Kier molecular flexibility index (Phi) is 2.59. The molecular formula is C11H16O3. The van der Waals surface area contributed by atoms with E-state index in [1.807, 2.05) is 13.0 Å². The highest BCUT2D eigenvalue weighted by atomic mass is 16.6. The van der Waals surface area contributed by atoms with Crippen LogP contribution in [0, 0.1) is 5.92 Å². The topological polar surface area (TPSA) is 35.5 Å². The predicted molar refractivity (Wildman–Crippen MR) is 51.8 cm³/mol. The van der Waals surface area contributed by atoms with E-state index in [0.717, 1.165) is 12.8 Å². The van der Waals surface area contributed by atoms with E-state index in [-0.39, 0.29) is 24.3 Å². The van der Waals surface area contributed by atoms with E-state index in [0.29, 0.717) is 12.3 Å². The first-order valence-corrected chi connectivity index (χ1v) is 5.18. The maximum absolute atomic E-state index is 11.1. The van der Waals surface area contributed by atoms with Crippen molar-refractivity contribution < 1.29 is 14.3 Å². The molecule has 2 aliphatic heterocycles. The van der Waals surface area contributed by atoms with Gasteiger partial charge in [0.05, 0.1) is 12.2 Å². The van der Waals surface area contributed by atoms with Gasteiger partial charge in [-0.1, -0.05) is 6.08 Å². The Morgan fingerprint density at radius 3 is 3.07 bits per heavy atom. The summed E-state index contributed by atoms with van der Waals surface area (Å²) in [5.74, 6) is 0.254. The van der Waals surface area contributed by atoms with Gasteiger partial charge in [-0.15, -0.1) is 6.58 Å². The number of hydrogen-bond acceptors (Lipinski definition) is 3. The Morgan fingerprint density at radius 2 is 2.36 bits per heavy atom. The van der Waals surface area contributed by atoms with Crippen LogP contribution in [0.2, 0.25) is 0 Å². The minimum absolute atomic E-state index is 0.0444.